The normalized spacial score (nSPS) is 11.2. The summed E-state index contributed by atoms with van der Waals surface area (Å²) in [5, 5.41) is 0. The highest BCUT2D eigenvalue weighted by atomic mass is 16.5. The second-order valence-corrected chi connectivity index (χ2v) is 5.35. The van der Waals surface area contributed by atoms with Gasteiger partial charge in [0.2, 0.25) is 0 Å². The monoisotopic (exact) mass is 343 g/mol. The van der Waals surface area contributed by atoms with E-state index in [-0.39, 0.29) is 5.57 Å². The first-order chi connectivity index (χ1) is 12.0. The van der Waals surface area contributed by atoms with Crippen LogP contribution >= 0.6 is 0 Å². The minimum absolute atomic E-state index is 0.143. The van der Waals surface area contributed by atoms with E-state index in [2.05, 4.69) is 26.5 Å². The molecule has 1 aromatic carbocycles. The zero-order valence-electron chi connectivity index (χ0n) is 15.4. The number of esters is 2. The number of nitrogens with zero attached hydrogens (tertiary/aromatic N) is 1. The van der Waals surface area contributed by atoms with Crippen molar-refractivity contribution >= 4 is 23.7 Å². The van der Waals surface area contributed by atoms with Crippen molar-refractivity contribution in [2.45, 2.75) is 13.8 Å². The number of methoxy groups -OCH3 is 2. The van der Waals surface area contributed by atoms with Gasteiger partial charge < -0.3 is 14.4 Å². The van der Waals surface area contributed by atoms with Gasteiger partial charge in [-0.1, -0.05) is 30.4 Å². The number of carbonyl (C=O) groups is 2. The van der Waals surface area contributed by atoms with E-state index < -0.39 is 11.9 Å². The summed E-state index contributed by atoms with van der Waals surface area (Å²) in [5.74, 6) is -1.45. The minimum Gasteiger partial charge on any atom is -0.465 e. The Morgan fingerprint density at radius 1 is 1.04 bits per heavy atom. The molecule has 0 aromatic heterocycles. The first kappa shape index (κ1) is 20.2. The van der Waals surface area contributed by atoms with Crippen molar-refractivity contribution < 1.29 is 19.1 Å². The summed E-state index contributed by atoms with van der Waals surface area (Å²) < 4.78 is 9.24. The molecule has 0 radical (unpaired) electrons. The number of anilines is 1. The van der Waals surface area contributed by atoms with Crippen molar-refractivity contribution in [2.24, 2.45) is 0 Å². The summed E-state index contributed by atoms with van der Waals surface area (Å²) in [6.45, 7) is 4.79. The molecular weight excluding hydrogens is 318 g/mol. The van der Waals surface area contributed by atoms with E-state index in [0.29, 0.717) is 5.56 Å². The predicted octanol–water partition coefficient (Wildman–Crippen LogP) is 3.37. The number of likely N-dealkylation sites (N-methyl/N-ethyl adjacent to an activating group) is 1. The topological polar surface area (TPSA) is 55.8 Å². The molecule has 5 heteroatoms. The zero-order valence-corrected chi connectivity index (χ0v) is 15.4. The molecule has 0 heterocycles. The third-order valence-corrected chi connectivity index (χ3v) is 3.63. The SMILES string of the molecule is C/C=C\C(=C/C)CN(C)c1ccc(C=C(C(=O)OC)C(=O)OC)cc1. The van der Waals surface area contributed by atoms with Crippen LogP contribution in [-0.4, -0.2) is 39.8 Å². The van der Waals surface area contributed by atoms with Crippen molar-refractivity contribution in [1.29, 1.82) is 0 Å². The molecule has 0 unspecified atom stereocenters. The van der Waals surface area contributed by atoms with E-state index >= 15 is 0 Å². The molecule has 0 saturated heterocycles. The molecule has 134 valence electrons. The first-order valence-corrected chi connectivity index (χ1v) is 7.94. The number of benzene rings is 1. The molecule has 0 atom stereocenters. The maximum absolute atomic E-state index is 11.7. The third kappa shape index (κ3) is 5.95. The number of allylic oxidation sites excluding steroid dienone is 2. The van der Waals surface area contributed by atoms with Crippen LogP contribution in [0.4, 0.5) is 5.69 Å². The molecule has 25 heavy (non-hydrogen) atoms. The Morgan fingerprint density at radius 2 is 1.60 bits per heavy atom. The Hall–Kier alpha value is -2.82. The van der Waals surface area contributed by atoms with Gasteiger partial charge in [-0.3, -0.25) is 0 Å². The van der Waals surface area contributed by atoms with Gasteiger partial charge in [0.15, 0.2) is 0 Å². The quantitative estimate of drug-likeness (QED) is 0.250. The lowest BCUT2D eigenvalue weighted by atomic mass is 10.1. The Balaban J connectivity index is 2.99. The van der Waals surface area contributed by atoms with Gasteiger partial charge in [-0.15, -0.1) is 0 Å². The zero-order chi connectivity index (χ0) is 18.8. The van der Waals surface area contributed by atoms with Crippen LogP contribution in [0.1, 0.15) is 19.4 Å². The maximum atomic E-state index is 11.7. The molecular formula is C20H25NO4. The minimum atomic E-state index is -0.725. The number of carbonyl (C=O) groups excluding carboxylic acids is 2. The second-order valence-electron chi connectivity index (χ2n) is 5.35. The van der Waals surface area contributed by atoms with Crippen molar-refractivity contribution in [1.82, 2.24) is 0 Å². The highest BCUT2D eigenvalue weighted by Crippen LogP contribution is 2.18. The van der Waals surface area contributed by atoms with Gasteiger partial charge in [-0.2, -0.15) is 0 Å². The molecule has 0 N–H and O–H groups in total. The molecule has 0 aliphatic heterocycles. The van der Waals surface area contributed by atoms with E-state index in [1.54, 1.807) is 0 Å². The van der Waals surface area contributed by atoms with Crippen LogP contribution in [-0.2, 0) is 19.1 Å². The highest BCUT2D eigenvalue weighted by Gasteiger charge is 2.19. The lowest BCUT2D eigenvalue weighted by Crippen LogP contribution is -2.19. The van der Waals surface area contributed by atoms with Crippen molar-refractivity contribution in [3.8, 4) is 0 Å². The fraction of sp³-hybridized carbons (Fsp3) is 0.300. The van der Waals surface area contributed by atoms with Crippen LogP contribution in [0.3, 0.4) is 0 Å². The van der Waals surface area contributed by atoms with Crippen LogP contribution in [0.15, 0.2) is 53.6 Å². The van der Waals surface area contributed by atoms with E-state index in [9.17, 15) is 9.59 Å². The molecule has 0 aliphatic rings. The molecule has 1 rings (SSSR count). The maximum Gasteiger partial charge on any atom is 0.345 e. The van der Waals surface area contributed by atoms with Gasteiger partial charge in [0.25, 0.3) is 0 Å². The van der Waals surface area contributed by atoms with Crippen LogP contribution in [0.5, 0.6) is 0 Å². The van der Waals surface area contributed by atoms with Crippen LogP contribution in [0.25, 0.3) is 6.08 Å². The lowest BCUT2D eigenvalue weighted by Gasteiger charge is -2.20. The number of hydrogen-bond acceptors (Lipinski definition) is 5. The molecule has 0 spiro atoms. The Bertz CT molecular complexity index is 666. The fourth-order valence-electron chi connectivity index (χ4n) is 2.23. The second kappa shape index (κ2) is 10.1. The molecule has 1 aromatic rings. The van der Waals surface area contributed by atoms with Gasteiger partial charge >= 0.3 is 11.9 Å². The van der Waals surface area contributed by atoms with Crippen molar-refractivity contribution in [3.05, 3.63) is 59.2 Å². The molecule has 0 aliphatic carbocycles. The first-order valence-electron chi connectivity index (χ1n) is 7.94. The van der Waals surface area contributed by atoms with Crippen LogP contribution in [0.2, 0.25) is 0 Å². The van der Waals surface area contributed by atoms with E-state index in [1.165, 1.54) is 25.9 Å². The smallest absolute Gasteiger partial charge is 0.345 e. The fourth-order valence-corrected chi connectivity index (χ4v) is 2.23. The van der Waals surface area contributed by atoms with Crippen molar-refractivity contribution in [2.75, 3.05) is 32.7 Å². The predicted molar refractivity (Wildman–Crippen MR) is 100 cm³/mol. The van der Waals surface area contributed by atoms with Crippen LogP contribution in [0, 0.1) is 0 Å². The summed E-state index contributed by atoms with van der Waals surface area (Å²) in [7, 11) is 4.45. The molecule has 0 amide bonds. The summed E-state index contributed by atoms with van der Waals surface area (Å²) in [6, 6.07) is 7.54. The number of ether oxygens (including phenoxy) is 2. The standard InChI is InChI=1S/C20H25NO4/c1-6-8-15(7-2)14-21(3)17-11-9-16(10-12-17)13-18(19(22)24-4)20(23)25-5/h6-13H,14H2,1-5H3/b8-6-,15-7+. The highest BCUT2D eigenvalue weighted by molar-refractivity contribution is 6.17. The average Bonchev–Trinajstić information content (AvgIpc) is 2.64. The molecule has 5 nitrogen and oxygen atoms in total. The summed E-state index contributed by atoms with van der Waals surface area (Å²) >= 11 is 0. The van der Waals surface area contributed by atoms with Gasteiger partial charge in [0, 0.05) is 19.3 Å². The largest absolute Gasteiger partial charge is 0.465 e. The van der Waals surface area contributed by atoms with Crippen LogP contribution < -0.4 is 4.90 Å². The Morgan fingerprint density at radius 3 is 2.04 bits per heavy atom. The Labute approximate surface area is 149 Å². The molecule has 0 fully saturated rings. The van der Waals surface area contributed by atoms with E-state index in [1.807, 2.05) is 51.2 Å². The summed E-state index contributed by atoms with van der Waals surface area (Å²) in [5.41, 5.74) is 2.81. The van der Waals surface area contributed by atoms with Gasteiger partial charge in [-0.05, 0) is 43.2 Å². The van der Waals surface area contributed by atoms with Gasteiger partial charge in [-0.25, -0.2) is 9.59 Å². The average molecular weight is 343 g/mol. The lowest BCUT2D eigenvalue weighted by molar-refractivity contribution is -0.143. The third-order valence-electron chi connectivity index (χ3n) is 3.63. The Kier molecular flexibility index (Phi) is 8.19. The molecule has 0 bridgehead atoms. The van der Waals surface area contributed by atoms with Crippen molar-refractivity contribution in [3.63, 3.8) is 0 Å². The van der Waals surface area contributed by atoms with E-state index in [0.717, 1.165) is 12.2 Å². The summed E-state index contributed by atoms with van der Waals surface area (Å²) in [6.07, 6.45) is 7.62. The van der Waals surface area contributed by atoms with Gasteiger partial charge in [0.05, 0.1) is 14.2 Å². The van der Waals surface area contributed by atoms with E-state index in [4.69, 9.17) is 0 Å². The number of rotatable bonds is 7. The van der Waals surface area contributed by atoms with Gasteiger partial charge in [0.1, 0.15) is 5.57 Å². The number of hydrogen-bond donors (Lipinski definition) is 0. The molecule has 0 saturated carbocycles. The summed E-state index contributed by atoms with van der Waals surface area (Å²) in [4.78, 5) is 25.5.